The first-order valence-electron chi connectivity index (χ1n) is 10.8. The standard InChI is InChI=1S/C23H37N3O4.HI/c1-7-24-22(26-13-11-17(12-14-26)21(27)30-8-2)25-16-23(3,4)18-9-10-19(28-5)20(15-18)29-6;/h9-10,15,17H,7-8,11-14,16H2,1-6H3,(H,24,25);1H. The molecular formula is C23H38IN3O4. The van der Waals surface area contributed by atoms with Crippen molar-refractivity contribution in [3.63, 3.8) is 0 Å². The van der Waals surface area contributed by atoms with Crippen LogP contribution in [0.2, 0.25) is 0 Å². The van der Waals surface area contributed by atoms with E-state index in [0.29, 0.717) is 13.2 Å². The van der Waals surface area contributed by atoms with Crippen molar-refractivity contribution < 1.29 is 19.0 Å². The molecule has 0 radical (unpaired) electrons. The fraction of sp³-hybridized carbons (Fsp3) is 0.652. The normalized spacial score (nSPS) is 15.2. The fourth-order valence-corrected chi connectivity index (χ4v) is 3.63. The average Bonchev–Trinajstić information content (AvgIpc) is 2.76. The molecule has 1 aliphatic heterocycles. The lowest BCUT2D eigenvalue weighted by Crippen LogP contribution is -2.47. The molecule has 7 nitrogen and oxygen atoms in total. The molecule has 8 heteroatoms. The van der Waals surface area contributed by atoms with Crippen LogP contribution in [-0.2, 0) is 14.9 Å². The van der Waals surface area contributed by atoms with Gasteiger partial charge in [0.2, 0.25) is 0 Å². The highest BCUT2D eigenvalue weighted by Gasteiger charge is 2.28. The summed E-state index contributed by atoms with van der Waals surface area (Å²) in [7, 11) is 3.29. The van der Waals surface area contributed by atoms with E-state index >= 15 is 0 Å². The predicted octanol–water partition coefficient (Wildman–Crippen LogP) is 3.84. The van der Waals surface area contributed by atoms with Gasteiger partial charge < -0.3 is 24.4 Å². The number of halogens is 1. The minimum absolute atomic E-state index is 0. The van der Waals surface area contributed by atoms with Crippen molar-refractivity contribution in [2.75, 3.05) is 47.0 Å². The molecule has 2 rings (SSSR count). The van der Waals surface area contributed by atoms with Gasteiger partial charge in [0.15, 0.2) is 17.5 Å². The van der Waals surface area contributed by atoms with Crippen molar-refractivity contribution in [2.45, 2.75) is 46.0 Å². The zero-order valence-corrected chi connectivity index (χ0v) is 22.0. The van der Waals surface area contributed by atoms with Crippen molar-refractivity contribution in [3.05, 3.63) is 23.8 Å². The van der Waals surface area contributed by atoms with Gasteiger partial charge in [0, 0.05) is 25.0 Å². The maximum atomic E-state index is 12.0. The molecule has 1 aromatic carbocycles. The Morgan fingerprint density at radius 3 is 2.35 bits per heavy atom. The lowest BCUT2D eigenvalue weighted by Gasteiger charge is -2.34. The number of piperidine rings is 1. The highest BCUT2D eigenvalue weighted by molar-refractivity contribution is 14.0. The highest BCUT2D eigenvalue weighted by atomic mass is 127. The van der Waals surface area contributed by atoms with Gasteiger partial charge in [-0.2, -0.15) is 0 Å². The van der Waals surface area contributed by atoms with Gasteiger partial charge in [-0.25, -0.2) is 0 Å². The molecule has 1 aliphatic rings. The quantitative estimate of drug-likeness (QED) is 0.231. The molecule has 0 spiro atoms. The number of likely N-dealkylation sites (tertiary alicyclic amines) is 1. The van der Waals surface area contributed by atoms with E-state index in [1.165, 1.54) is 0 Å². The summed E-state index contributed by atoms with van der Waals surface area (Å²) in [5, 5.41) is 3.40. The molecule has 0 unspecified atom stereocenters. The Morgan fingerprint density at radius 2 is 1.81 bits per heavy atom. The van der Waals surface area contributed by atoms with Crippen LogP contribution in [0, 0.1) is 5.92 Å². The van der Waals surface area contributed by atoms with E-state index in [0.717, 1.165) is 55.5 Å². The van der Waals surface area contributed by atoms with Gasteiger partial charge in [-0.05, 0) is 44.4 Å². The molecule has 1 saturated heterocycles. The highest BCUT2D eigenvalue weighted by Crippen LogP contribution is 2.33. The van der Waals surface area contributed by atoms with Gasteiger partial charge in [0.25, 0.3) is 0 Å². The van der Waals surface area contributed by atoms with Crippen LogP contribution < -0.4 is 14.8 Å². The molecule has 1 fully saturated rings. The first-order valence-corrected chi connectivity index (χ1v) is 10.8. The van der Waals surface area contributed by atoms with E-state index < -0.39 is 0 Å². The summed E-state index contributed by atoms with van der Waals surface area (Å²) in [6.07, 6.45) is 1.59. The van der Waals surface area contributed by atoms with E-state index in [-0.39, 0.29) is 41.3 Å². The van der Waals surface area contributed by atoms with Crippen LogP contribution in [0.4, 0.5) is 0 Å². The Morgan fingerprint density at radius 1 is 1.16 bits per heavy atom. The Hall–Kier alpha value is -1.71. The smallest absolute Gasteiger partial charge is 0.309 e. The number of hydrogen-bond acceptors (Lipinski definition) is 5. The Labute approximate surface area is 203 Å². The molecule has 176 valence electrons. The van der Waals surface area contributed by atoms with Gasteiger partial charge in [-0.15, -0.1) is 24.0 Å². The monoisotopic (exact) mass is 547 g/mol. The molecule has 0 saturated carbocycles. The zero-order valence-electron chi connectivity index (χ0n) is 19.7. The number of nitrogens with zero attached hydrogens (tertiary/aromatic N) is 2. The van der Waals surface area contributed by atoms with Gasteiger partial charge in [0.1, 0.15) is 0 Å². The van der Waals surface area contributed by atoms with Gasteiger partial charge >= 0.3 is 5.97 Å². The third-order valence-corrected chi connectivity index (χ3v) is 5.54. The van der Waals surface area contributed by atoms with Crippen LogP contribution in [0.15, 0.2) is 23.2 Å². The summed E-state index contributed by atoms with van der Waals surface area (Å²) in [5.74, 6) is 2.26. The second-order valence-corrected chi connectivity index (χ2v) is 8.14. The third-order valence-electron chi connectivity index (χ3n) is 5.54. The number of aliphatic imine (C=N–C) groups is 1. The number of methoxy groups -OCH3 is 2. The number of hydrogen-bond donors (Lipinski definition) is 1. The number of benzene rings is 1. The van der Waals surface area contributed by atoms with Crippen LogP contribution in [0.1, 0.15) is 46.1 Å². The number of rotatable bonds is 8. The largest absolute Gasteiger partial charge is 0.493 e. The lowest BCUT2D eigenvalue weighted by atomic mass is 9.84. The molecule has 1 N–H and O–H groups in total. The number of esters is 1. The maximum Gasteiger partial charge on any atom is 0.309 e. The molecular weight excluding hydrogens is 509 g/mol. The number of guanidine groups is 1. The SMILES string of the molecule is CCNC(=NCC(C)(C)c1ccc(OC)c(OC)c1)N1CCC(C(=O)OCC)CC1.I. The number of ether oxygens (including phenoxy) is 3. The minimum Gasteiger partial charge on any atom is -0.493 e. The first-order chi connectivity index (χ1) is 14.4. The molecule has 0 bridgehead atoms. The zero-order chi connectivity index (χ0) is 22.1. The van der Waals surface area contributed by atoms with Crippen LogP contribution >= 0.6 is 24.0 Å². The van der Waals surface area contributed by atoms with E-state index in [2.05, 4.69) is 37.1 Å². The Bertz CT molecular complexity index is 732. The Balaban J connectivity index is 0.00000480. The predicted molar refractivity (Wildman–Crippen MR) is 135 cm³/mol. The molecule has 1 aromatic rings. The van der Waals surface area contributed by atoms with Gasteiger partial charge in [-0.1, -0.05) is 19.9 Å². The van der Waals surface area contributed by atoms with Crippen molar-refractivity contribution in [2.24, 2.45) is 10.9 Å². The van der Waals surface area contributed by atoms with Crippen LogP contribution in [-0.4, -0.2) is 63.8 Å². The second kappa shape index (κ2) is 13.0. The minimum atomic E-state index is -0.177. The summed E-state index contributed by atoms with van der Waals surface area (Å²) in [4.78, 5) is 19.2. The van der Waals surface area contributed by atoms with Crippen molar-refractivity contribution in [3.8, 4) is 11.5 Å². The fourth-order valence-electron chi connectivity index (χ4n) is 3.63. The number of carbonyl (C=O) groups is 1. The van der Waals surface area contributed by atoms with Crippen LogP contribution in [0.3, 0.4) is 0 Å². The topological polar surface area (TPSA) is 72.4 Å². The summed E-state index contributed by atoms with van der Waals surface area (Å²) < 4.78 is 16.0. The first kappa shape index (κ1) is 27.3. The Kier molecular flexibility index (Phi) is 11.4. The van der Waals surface area contributed by atoms with E-state index in [4.69, 9.17) is 19.2 Å². The molecule has 0 aliphatic carbocycles. The summed E-state index contributed by atoms with van der Waals surface area (Å²) in [6.45, 7) is 11.7. The number of carbonyl (C=O) groups excluding carboxylic acids is 1. The van der Waals surface area contributed by atoms with Crippen LogP contribution in [0.25, 0.3) is 0 Å². The van der Waals surface area contributed by atoms with E-state index in [9.17, 15) is 4.79 Å². The van der Waals surface area contributed by atoms with Gasteiger partial charge in [0.05, 0.1) is 33.3 Å². The maximum absolute atomic E-state index is 12.0. The molecule has 31 heavy (non-hydrogen) atoms. The second-order valence-electron chi connectivity index (χ2n) is 8.14. The van der Waals surface area contributed by atoms with Gasteiger partial charge in [-0.3, -0.25) is 9.79 Å². The summed E-state index contributed by atoms with van der Waals surface area (Å²) >= 11 is 0. The molecule has 0 amide bonds. The van der Waals surface area contributed by atoms with Crippen LogP contribution in [0.5, 0.6) is 11.5 Å². The summed E-state index contributed by atoms with van der Waals surface area (Å²) in [5.41, 5.74) is 0.962. The van der Waals surface area contributed by atoms with Crippen molar-refractivity contribution in [1.82, 2.24) is 10.2 Å². The lowest BCUT2D eigenvalue weighted by molar-refractivity contribution is -0.149. The molecule has 0 atom stereocenters. The van der Waals surface area contributed by atoms with Crippen molar-refractivity contribution in [1.29, 1.82) is 0 Å². The van der Waals surface area contributed by atoms with Crippen molar-refractivity contribution >= 4 is 35.9 Å². The number of nitrogens with one attached hydrogen (secondary N) is 1. The molecule has 1 heterocycles. The van der Waals surface area contributed by atoms with E-state index in [1.807, 2.05) is 19.1 Å². The summed E-state index contributed by atoms with van der Waals surface area (Å²) in [6, 6.07) is 6.02. The molecule has 0 aromatic heterocycles. The van der Waals surface area contributed by atoms with E-state index in [1.54, 1.807) is 14.2 Å². The third kappa shape index (κ3) is 7.43. The average molecular weight is 547 g/mol.